The normalized spacial score (nSPS) is 14.6. The molecule has 0 amide bonds. The number of esters is 4. The van der Waals surface area contributed by atoms with Crippen LogP contribution < -0.4 is 0 Å². The van der Waals surface area contributed by atoms with Crippen molar-refractivity contribution in [3.05, 3.63) is 0 Å². The number of phosphoric ester groups is 2. The molecule has 0 aromatic rings. The predicted octanol–water partition coefficient (Wildman–Crippen LogP) is 19.7. The Morgan fingerprint density at radius 2 is 0.539 bits per heavy atom. The van der Waals surface area contributed by atoms with E-state index in [2.05, 4.69) is 55.4 Å². The van der Waals surface area contributed by atoms with E-state index in [1.165, 1.54) is 148 Å². The van der Waals surface area contributed by atoms with Crippen LogP contribution in [0.4, 0.5) is 0 Å². The fourth-order valence-electron chi connectivity index (χ4n) is 10.5. The first-order valence-corrected chi connectivity index (χ1v) is 39.2. The van der Waals surface area contributed by atoms with E-state index in [-0.39, 0.29) is 25.7 Å². The number of carbonyl (C=O) groups is 4. The van der Waals surface area contributed by atoms with Gasteiger partial charge in [-0.05, 0) is 49.4 Å². The van der Waals surface area contributed by atoms with Crippen molar-refractivity contribution in [3.63, 3.8) is 0 Å². The van der Waals surface area contributed by atoms with Crippen molar-refractivity contribution in [3.8, 4) is 0 Å². The molecule has 0 saturated carbocycles. The van der Waals surface area contributed by atoms with E-state index in [1.807, 2.05) is 0 Å². The third-order valence-corrected chi connectivity index (χ3v) is 18.3. The van der Waals surface area contributed by atoms with E-state index >= 15 is 0 Å². The Balaban J connectivity index is 5.27. The summed E-state index contributed by atoms with van der Waals surface area (Å²) in [4.78, 5) is 72.5. The molecule has 0 aromatic carbocycles. The Bertz CT molecular complexity index is 1770. The van der Waals surface area contributed by atoms with Crippen LogP contribution in [-0.4, -0.2) is 96.7 Å². The molecule has 0 spiro atoms. The Labute approximate surface area is 543 Å². The lowest BCUT2D eigenvalue weighted by Gasteiger charge is -2.21. The van der Waals surface area contributed by atoms with Gasteiger partial charge in [0.15, 0.2) is 12.2 Å². The van der Waals surface area contributed by atoms with Gasteiger partial charge in [-0.15, -0.1) is 0 Å². The first kappa shape index (κ1) is 87.1. The van der Waals surface area contributed by atoms with Crippen LogP contribution in [0.25, 0.3) is 0 Å². The molecule has 4 unspecified atom stereocenters. The van der Waals surface area contributed by atoms with Crippen molar-refractivity contribution in [2.45, 2.75) is 363 Å². The summed E-state index contributed by atoms with van der Waals surface area (Å²) in [6, 6.07) is 0. The van der Waals surface area contributed by atoms with Gasteiger partial charge in [-0.1, -0.05) is 293 Å². The lowest BCUT2D eigenvalue weighted by Crippen LogP contribution is -2.30. The summed E-state index contributed by atoms with van der Waals surface area (Å²) in [6.07, 6.45) is 41.6. The smallest absolute Gasteiger partial charge is 0.462 e. The summed E-state index contributed by atoms with van der Waals surface area (Å²) in [7, 11) is -9.90. The zero-order valence-corrected chi connectivity index (χ0v) is 59.8. The maximum atomic E-state index is 13.0. The lowest BCUT2D eigenvalue weighted by molar-refractivity contribution is -0.161. The Hall–Kier alpha value is -1.94. The zero-order valence-electron chi connectivity index (χ0n) is 58.1. The van der Waals surface area contributed by atoms with Gasteiger partial charge in [0.1, 0.15) is 19.3 Å². The SMILES string of the molecule is CCC(C)CCCCCCCCCCCCC(=O)O[C@H](COC(=O)CCCCCCCCCCCCC(C)C)COP(=O)(O)OCC(O)COP(=O)(O)OC[C@@H](COC(=O)CCCCCCCCCCC(C)C)OC(=O)CCCCCCCCCCC(C)C. The second kappa shape index (κ2) is 59.8. The minimum Gasteiger partial charge on any atom is -0.462 e. The number of hydrogen-bond acceptors (Lipinski definition) is 15. The molecule has 0 rings (SSSR count). The lowest BCUT2D eigenvalue weighted by atomic mass is 9.99. The molecular weight excluding hydrogens is 1170 g/mol. The molecule has 0 heterocycles. The molecule has 0 aliphatic carbocycles. The van der Waals surface area contributed by atoms with E-state index in [0.717, 1.165) is 114 Å². The van der Waals surface area contributed by atoms with Crippen molar-refractivity contribution in [1.29, 1.82) is 0 Å². The topological polar surface area (TPSA) is 237 Å². The molecule has 89 heavy (non-hydrogen) atoms. The average Bonchev–Trinajstić information content (AvgIpc) is 3.60. The summed E-state index contributed by atoms with van der Waals surface area (Å²) in [5, 5.41) is 10.6. The minimum absolute atomic E-state index is 0.103. The highest BCUT2D eigenvalue weighted by Gasteiger charge is 2.30. The molecule has 6 atom stereocenters. The van der Waals surface area contributed by atoms with E-state index in [0.29, 0.717) is 25.7 Å². The van der Waals surface area contributed by atoms with Crippen molar-refractivity contribution in [2.24, 2.45) is 23.7 Å². The number of rotatable bonds is 67. The van der Waals surface area contributed by atoms with Gasteiger partial charge in [0.2, 0.25) is 0 Å². The van der Waals surface area contributed by atoms with Crippen LogP contribution in [0.15, 0.2) is 0 Å². The standard InChI is InChI=1S/C70H136O17P2/c1-9-63(8)49-41-33-25-15-11-13-17-28-36-44-52-69(74)86-65(56-80-67(72)50-42-34-26-16-12-10-14-22-30-38-46-60(2)3)58-84-88(76,77)82-54-64(71)55-83-89(78,79)85-59-66(87-70(75)53-45-37-29-21-19-24-32-40-48-62(6)7)57-81-68(73)51-43-35-27-20-18-23-31-39-47-61(4)5/h60-66,71H,9-59H2,1-8H3,(H,76,77)(H,78,79)/t63?,64?,65-,66-/m1/s1. The van der Waals surface area contributed by atoms with Gasteiger partial charge < -0.3 is 33.8 Å². The second-order valence-corrected chi connectivity index (χ2v) is 29.8. The molecule has 0 bridgehead atoms. The van der Waals surface area contributed by atoms with Crippen LogP contribution in [0.2, 0.25) is 0 Å². The Morgan fingerprint density at radius 3 is 0.798 bits per heavy atom. The maximum absolute atomic E-state index is 13.0. The first-order chi connectivity index (χ1) is 42.6. The Morgan fingerprint density at radius 1 is 0.315 bits per heavy atom. The molecule has 0 saturated heterocycles. The second-order valence-electron chi connectivity index (χ2n) is 26.9. The number of aliphatic hydroxyl groups is 1. The van der Waals surface area contributed by atoms with E-state index in [9.17, 15) is 43.2 Å². The van der Waals surface area contributed by atoms with Crippen LogP contribution in [-0.2, 0) is 65.4 Å². The summed E-state index contributed by atoms with van der Waals surface area (Å²) >= 11 is 0. The molecule has 0 aliphatic heterocycles. The molecule has 19 heteroatoms. The number of phosphoric acid groups is 2. The average molecular weight is 1310 g/mol. The maximum Gasteiger partial charge on any atom is 0.472 e. The first-order valence-electron chi connectivity index (χ1n) is 36.2. The van der Waals surface area contributed by atoms with Crippen LogP contribution in [0.3, 0.4) is 0 Å². The molecule has 0 fully saturated rings. The monoisotopic (exact) mass is 1310 g/mol. The van der Waals surface area contributed by atoms with Crippen molar-refractivity contribution in [2.75, 3.05) is 39.6 Å². The summed E-state index contributed by atoms with van der Waals surface area (Å²) in [6.45, 7) is 14.1. The third-order valence-electron chi connectivity index (χ3n) is 16.4. The quantitative estimate of drug-likeness (QED) is 0.0222. The van der Waals surface area contributed by atoms with E-state index in [4.69, 9.17) is 37.0 Å². The van der Waals surface area contributed by atoms with Crippen LogP contribution in [0, 0.1) is 23.7 Å². The highest BCUT2D eigenvalue weighted by molar-refractivity contribution is 7.47. The molecule has 17 nitrogen and oxygen atoms in total. The predicted molar refractivity (Wildman–Crippen MR) is 358 cm³/mol. The molecule has 0 aliphatic rings. The summed E-state index contributed by atoms with van der Waals surface area (Å²) in [5.74, 6) is 0.875. The van der Waals surface area contributed by atoms with Crippen molar-refractivity contribution in [1.82, 2.24) is 0 Å². The molecule has 3 N–H and O–H groups in total. The summed E-state index contributed by atoms with van der Waals surface area (Å²) < 4.78 is 68.3. The summed E-state index contributed by atoms with van der Waals surface area (Å²) in [5.41, 5.74) is 0. The number of hydrogen-bond donors (Lipinski definition) is 3. The fraction of sp³-hybridized carbons (Fsp3) is 0.943. The number of carbonyl (C=O) groups excluding carboxylic acids is 4. The fourth-order valence-corrected chi connectivity index (χ4v) is 12.0. The largest absolute Gasteiger partial charge is 0.472 e. The van der Waals surface area contributed by atoms with Gasteiger partial charge in [0.05, 0.1) is 26.4 Å². The van der Waals surface area contributed by atoms with Gasteiger partial charge in [-0.2, -0.15) is 0 Å². The van der Waals surface area contributed by atoms with Gasteiger partial charge in [0.25, 0.3) is 0 Å². The highest BCUT2D eigenvalue weighted by Crippen LogP contribution is 2.45. The van der Waals surface area contributed by atoms with Crippen molar-refractivity contribution < 1.29 is 80.2 Å². The number of unbranched alkanes of at least 4 members (excludes halogenated alkanes) is 32. The molecule has 528 valence electrons. The number of aliphatic hydroxyl groups excluding tert-OH is 1. The molecule has 0 aromatic heterocycles. The molecular formula is C70H136O17P2. The van der Waals surface area contributed by atoms with E-state index < -0.39 is 97.5 Å². The van der Waals surface area contributed by atoms with Crippen LogP contribution in [0.5, 0.6) is 0 Å². The van der Waals surface area contributed by atoms with Gasteiger partial charge >= 0.3 is 39.5 Å². The van der Waals surface area contributed by atoms with E-state index in [1.54, 1.807) is 0 Å². The van der Waals surface area contributed by atoms with Gasteiger partial charge in [-0.25, -0.2) is 9.13 Å². The number of ether oxygens (including phenoxy) is 4. The van der Waals surface area contributed by atoms with Gasteiger partial charge in [-0.3, -0.25) is 37.3 Å². The molecule has 0 radical (unpaired) electrons. The van der Waals surface area contributed by atoms with Gasteiger partial charge in [0, 0.05) is 25.7 Å². The zero-order chi connectivity index (χ0) is 66.1. The minimum atomic E-state index is -4.95. The van der Waals surface area contributed by atoms with Crippen molar-refractivity contribution >= 4 is 39.5 Å². The Kier molecular flexibility index (Phi) is 58.5. The van der Waals surface area contributed by atoms with Crippen LogP contribution in [0.1, 0.15) is 344 Å². The van der Waals surface area contributed by atoms with Crippen LogP contribution >= 0.6 is 15.6 Å². The highest BCUT2D eigenvalue weighted by atomic mass is 31.2. The third kappa shape index (κ3) is 63.2.